The van der Waals surface area contributed by atoms with E-state index in [0.717, 1.165) is 5.56 Å². The maximum absolute atomic E-state index is 14.5. The van der Waals surface area contributed by atoms with Crippen molar-refractivity contribution in [3.8, 4) is 0 Å². The fourth-order valence-electron chi connectivity index (χ4n) is 3.63. The van der Waals surface area contributed by atoms with E-state index in [2.05, 4.69) is 5.32 Å². The summed E-state index contributed by atoms with van der Waals surface area (Å²) >= 11 is 1.50. The normalized spacial score (nSPS) is 11.6. The molecule has 0 aliphatic carbocycles. The Morgan fingerprint density at radius 3 is 2.24 bits per heavy atom. The molecule has 0 aliphatic heterocycles. The van der Waals surface area contributed by atoms with E-state index in [1.165, 1.54) is 33.9 Å². The minimum absolute atomic E-state index is 0.0291. The van der Waals surface area contributed by atoms with Crippen LogP contribution in [0.4, 0.5) is 4.39 Å². The molecule has 6 heteroatoms. The van der Waals surface area contributed by atoms with Gasteiger partial charge in [-0.3, -0.25) is 9.59 Å². The molecule has 4 nitrogen and oxygen atoms in total. The van der Waals surface area contributed by atoms with Gasteiger partial charge in [0.05, 0.1) is 5.75 Å². The molecule has 33 heavy (non-hydrogen) atoms. The SMILES string of the molecule is CNC(=O)[C@H](Cc1ccccc1)N(Cc1ccccc1F)C(=O)CSCc1ccccc1C. The van der Waals surface area contributed by atoms with Crippen molar-refractivity contribution in [1.29, 1.82) is 0 Å². The molecule has 1 N–H and O–H groups in total. The van der Waals surface area contributed by atoms with Crippen LogP contribution in [0.2, 0.25) is 0 Å². The zero-order valence-corrected chi connectivity index (χ0v) is 19.8. The van der Waals surface area contributed by atoms with E-state index in [9.17, 15) is 14.0 Å². The first-order valence-corrected chi connectivity index (χ1v) is 12.1. The molecule has 3 aromatic rings. The fourth-order valence-corrected chi connectivity index (χ4v) is 4.62. The van der Waals surface area contributed by atoms with Crippen molar-refractivity contribution in [3.63, 3.8) is 0 Å². The van der Waals surface area contributed by atoms with Gasteiger partial charge in [0.2, 0.25) is 11.8 Å². The van der Waals surface area contributed by atoms with Gasteiger partial charge in [0.1, 0.15) is 11.9 Å². The average Bonchev–Trinajstić information content (AvgIpc) is 2.83. The average molecular weight is 465 g/mol. The summed E-state index contributed by atoms with van der Waals surface area (Å²) in [6.45, 7) is 2.07. The topological polar surface area (TPSA) is 49.4 Å². The number of hydrogen-bond donors (Lipinski definition) is 1. The summed E-state index contributed by atoms with van der Waals surface area (Å²) < 4.78 is 14.5. The molecule has 172 valence electrons. The number of benzene rings is 3. The Balaban J connectivity index is 1.83. The molecule has 0 spiro atoms. The van der Waals surface area contributed by atoms with Gasteiger partial charge < -0.3 is 10.2 Å². The summed E-state index contributed by atoms with van der Waals surface area (Å²) in [5.74, 6) is 0.0346. The lowest BCUT2D eigenvalue weighted by atomic mass is 10.0. The van der Waals surface area contributed by atoms with Crippen LogP contribution in [0.1, 0.15) is 22.3 Å². The maximum atomic E-state index is 14.5. The van der Waals surface area contributed by atoms with Crippen molar-refractivity contribution in [2.24, 2.45) is 0 Å². The van der Waals surface area contributed by atoms with E-state index in [1.54, 1.807) is 25.2 Å². The molecule has 3 rings (SSSR count). The monoisotopic (exact) mass is 464 g/mol. The summed E-state index contributed by atoms with van der Waals surface area (Å²) in [6.07, 6.45) is 0.350. The molecular formula is C27H29FN2O2S. The molecular weight excluding hydrogens is 435 g/mol. The number of halogens is 1. The lowest BCUT2D eigenvalue weighted by Crippen LogP contribution is -2.50. The highest BCUT2D eigenvalue weighted by Crippen LogP contribution is 2.20. The first-order chi connectivity index (χ1) is 16.0. The van der Waals surface area contributed by atoms with Crippen molar-refractivity contribution in [3.05, 3.63) is 107 Å². The molecule has 2 amide bonds. The zero-order chi connectivity index (χ0) is 23.6. The number of carbonyl (C=O) groups is 2. The number of amides is 2. The molecule has 0 aliphatic rings. The minimum Gasteiger partial charge on any atom is -0.357 e. The molecule has 0 radical (unpaired) electrons. The second-order valence-electron chi connectivity index (χ2n) is 7.85. The third kappa shape index (κ3) is 6.93. The molecule has 1 atom stereocenters. The highest BCUT2D eigenvalue weighted by molar-refractivity contribution is 7.99. The van der Waals surface area contributed by atoms with Crippen LogP contribution >= 0.6 is 11.8 Å². The summed E-state index contributed by atoms with van der Waals surface area (Å²) in [4.78, 5) is 27.8. The second-order valence-corrected chi connectivity index (χ2v) is 8.84. The number of carbonyl (C=O) groups excluding carboxylic acids is 2. The van der Waals surface area contributed by atoms with Gasteiger partial charge in [-0.05, 0) is 29.7 Å². The zero-order valence-electron chi connectivity index (χ0n) is 19.0. The lowest BCUT2D eigenvalue weighted by Gasteiger charge is -2.31. The number of thioether (sulfide) groups is 1. The molecule has 0 saturated heterocycles. The van der Waals surface area contributed by atoms with Gasteiger partial charge >= 0.3 is 0 Å². The molecule has 0 saturated carbocycles. The predicted molar refractivity (Wildman–Crippen MR) is 132 cm³/mol. The number of rotatable bonds is 10. The van der Waals surface area contributed by atoms with Crippen LogP contribution in [0.3, 0.4) is 0 Å². The highest BCUT2D eigenvalue weighted by Gasteiger charge is 2.30. The Kier molecular flexibility index (Phi) is 9.07. The molecule has 0 unspecified atom stereocenters. The molecule has 0 aromatic heterocycles. The molecule has 0 heterocycles. The van der Waals surface area contributed by atoms with Gasteiger partial charge in [-0.15, -0.1) is 11.8 Å². The minimum atomic E-state index is -0.747. The van der Waals surface area contributed by atoms with Crippen molar-refractivity contribution >= 4 is 23.6 Å². The second kappa shape index (κ2) is 12.2. The number of likely N-dealkylation sites (N-methyl/N-ethyl adjacent to an activating group) is 1. The van der Waals surface area contributed by atoms with Crippen LogP contribution in [0.25, 0.3) is 0 Å². The van der Waals surface area contributed by atoms with Crippen LogP contribution in [0.15, 0.2) is 78.9 Å². The standard InChI is InChI=1S/C27H29FN2O2S/c1-20-10-6-7-14-23(20)18-33-19-26(31)30(17-22-13-8-9-15-24(22)28)25(27(32)29-2)16-21-11-4-3-5-12-21/h3-15,25H,16-19H2,1-2H3,(H,29,32)/t25-/m0/s1. The third-order valence-electron chi connectivity index (χ3n) is 5.56. The first kappa shape index (κ1) is 24.5. The summed E-state index contributed by atoms with van der Waals surface area (Å²) in [6, 6.07) is 23.2. The molecule has 3 aromatic carbocycles. The number of aryl methyl sites for hydroxylation is 1. The van der Waals surface area contributed by atoms with Gasteiger partial charge in [-0.2, -0.15) is 0 Å². The van der Waals surface area contributed by atoms with Gasteiger partial charge in [-0.25, -0.2) is 4.39 Å². The van der Waals surface area contributed by atoms with Crippen molar-refractivity contribution in [2.75, 3.05) is 12.8 Å². The van der Waals surface area contributed by atoms with Crippen molar-refractivity contribution in [2.45, 2.75) is 31.7 Å². The number of nitrogens with zero attached hydrogens (tertiary/aromatic N) is 1. The van der Waals surface area contributed by atoms with Gasteiger partial charge in [0.15, 0.2) is 0 Å². The van der Waals surface area contributed by atoms with Gasteiger partial charge in [0.25, 0.3) is 0 Å². The highest BCUT2D eigenvalue weighted by atomic mass is 32.2. The Labute approximate surface area is 199 Å². The molecule has 0 fully saturated rings. The van der Waals surface area contributed by atoms with Crippen molar-refractivity contribution in [1.82, 2.24) is 10.2 Å². The Bertz CT molecular complexity index is 1070. The Hall–Kier alpha value is -3.12. The van der Waals surface area contributed by atoms with E-state index in [-0.39, 0.29) is 24.1 Å². The van der Waals surface area contributed by atoms with Crippen LogP contribution in [0, 0.1) is 12.7 Å². The molecule has 0 bridgehead atoms. The van der Waals surface area contributed by atoms with E-state index in [0.29, 0.717) is 17.7 Å². The van der Waals surface area contributed by atoms with E-state index >= 15 is 0 Å². The summed E-state index contributed by atoms with van der Waals surface area (Å²) in [5.41, 5.74) is 3.66. The van der Waals surface area contributed by atoms with E-state index in [4.69, 9.17) is 0 Å². The third-order valence-corrected chi connectivity index (χ3v) is 6.53. The van der Waals surface area contributed by atoms with Gasteiger partial charge in [0, 0.05) is 31.3 Å². The van der Waals surface area contributed by atoms with Crippen LogP contribution in [0.5, 0.6) is 0 Å². The van der Waals surface area contributed by atoms with Crippen LogP contribution in [-0.4, -0.2) is 35.6 Å². The number of hydrogen-bond acceptors (Lipinski definition) is 3. The Morgan fingerprint density at radius 1 is 0.939 bits per heavy atom. The van der Waals surface area contributed by atoms with Crippen LogP contribution in [-0.2, 0) is 28.3 Å². The van der Waals surface area contributed by atoms with Gasteiger partial charge in [-0.1, -0.05) is 72.8 Å². The lowest BCUT2D eigenvalue weighted by molar-refractivity contribution is -0.139. The summed E-state index contributed by atoms with van der Waals surface area (Å²) in [7, 11) is 1.55. The first-order valence-electron chi connectivity index (χ1n) is 10.9. The van der Waals surface area contributed by atoms with Crippen molar-refractivity contribution < 1.29 is 14.0 Å². The maximum Gasteiger partial charge on any atom is 0.242 e. The van der Waals surface area contributed by atoms with E-state index < -0.39 is 11.9 Å². The number of nitrogens with one attached hydrogen (secondary N) is 1. The van der Waals surface area contributed by atoms with Crippen LogP contribution < -0.4 is 5.32 Å². The summed E-state index contributed by atoms with van der Waals surface area (Å²) in [5, 5.41) is 2.68. The predicted octanol–water partition coefficient (Wildman–Crippen LogP) is 4.75. The Morgan fingerprint density at radius 2 is 1.58 bits per heavy atom. The fraction of sp³-hybridized carbons (Fsp3) is 0.259. The quantitative estimate of drug-likeness (QED) is 0.471. The van der Waals surface area contributed by atoms with E-state index in [1.807, 2.05) is 61.5 Å². The largest absolute Gasteiger partial charge is 0.357 e. The smallest absolute Gasteiger partial charge is 0.242 e.